The maximum absolute atomic E-state index is 11.3. The molecule has 0 aromatic heterocycles. The average molecular weight is 159 g/mol. The number of hydrogen-bond donors (Lipinski definition) is 1. The Bertz CT molecular complexity index is 366. The second kappa shape index (κ2) is 2.48. The number of ketones is 1. The van der Waals surface area contributed by atoms with Gasteiger partial charge in [0.2, 0.25) is 0 Å². The zero-order chi connectivity index (χ0) is 8.55. The van der Waals surface area contributed by atoms with Crippen LogP contribution in [-0.4, -0.2) is 5.78 Å². The lowest BCUT2D eigenvalue weighted by molar-refractivity contribution is 0.0994. The first-order valence-corrected chi connectivity index (χ1v) is 3.87. The topological polar surface area (TPSA) is 43.1 Å². The van der Waals surface area contributed by atoms with E-state index in [-0.39, 0.29) is 5.78 Å². The van der Waals surface area contributed by atoms with E-state index in [2.05, 4.69) is 0 Å². The van der Waals surface area contributed by atoms with E-state index in [1.807, 2.05) is 24.3 Å². The van der Waals surface area contributed by atoms with Crippen LogP contribution in [0.3, 0.4) is 0 Å². The normalized spacial score (nSPS) is 15.3. The largest absolute Gasteiger partial charge is 0.398 e. The summed E-state index contributed by atoms with van der Waals surface area (Å²) in [6.45, 7) is 0. The molecule has 0 saturated carbocycles. The van der Waals surface area contributed by atoms with E-state index in [1.54, 1.807) is 6.08 Å². The van der Waals surface area contributed by atoms with Crippen LogP contribution >= 0.6 is 0 Å². The fraction of sp³-hybridized carbons (Fsp3) is 0.100. The standard InChI is InChI=1S/C10H9NO/c11-9-5-6-10(12)8-4-2-1-3-7(8)9/h1-5H,6,11H2. The highest BCUT2D eigenvalue weighted by atomic mass is 16.1. The van der Waals surface area contributed by atoms with Crippen molar-refractivity contribution in [1.82, 2.24) is 0 Å². The summed E-state index contributed by atoms with van der Waals surface area (Å²) in [4.78, 5) is 11.3. The van der Waals surface area contributed by atoms with Gasteiger partial charge in [-0.2, -0.15) is 0 Å². The minimum Gasteiger partial charge on any atom is -0.398 e. The molecule has 2 heteroatoms. The van der Waals surface area contributed by atoms with Crippen LogP contribution in [0, 0.1) is 0 Å². The van der Waals surface area contributed by atoms with Crippen molar-refractivity contribution in [2.75, 3.05) is 0 Å². The summed E-state index contributed by atoms with van der Waals surface area (Å²) in [5.74, 6) is 0.153. The molecular formula is C10H9NO. The highest BCUT2D eigenvalue weighted by Gasteiger charge is 2.15. The van der Waals surface area contributed by atoms with Crippen LogP contribution in [0.15, 0.2) is 30.3 Å². The number of Topliss-reactive ketones (excluding diaryl/α,β-unsaturated/α-hetero) is 1. The molecule has 0 atom stereocenters. The van der Waals surface area contributed by atoms with Gasteiger partial charge in [0.25, 0.3) is 0 Å². The molecule has 0 heterocycles. The highest BCUT2D eigenvalue weighted by Crippen LogP contribution is 2.21. The van der Waals surface area contributed by atoms with Crippen molar-refractivity contribution in [2.45, 2.75) is 6.42 Å². The molecule has 0 unspecified atom stereocenters. The Morgan fingerprint density at radius 2 is 1.83 bits per heavy atom. The molecule has 0 bridgehead atoms. The van der Waals surface area contributed by atoms with Crippen molar-refractivity contribution >= 4 is 11.5 Å². The van der Waals surface area contributed by atoms with Crippen LogP contribution in [0.1, 0.15) is 22.3 Å². The van der Waals surface area contributed by atoms with E-state index in [4.69, 9.17) is 5.73 Å². The summed E-state index contributed by atoms with van der Waals surface area (Å²) >= 11 is 0. The molecule has 0 aliphatic heterocycles. The third-order valence-corrected chi connectivity index (χ3v) is 2.05. The molecule has 12 heavy (non-hydrogen) atoms. The van der Waals surface area contributed by atoms with Gasteiger partial charge in [0.15, 0.2) is 5.78 Å². The monoisotopic (exact) mass is 159 g/mol. The Hall–Kier alpha value is -1.57. The third-order valence-electron chi connectivity index (χ3n) is 2.05. The predicted octanol–water partition coefficient (Wildman–Crippen LogP) is 1.57. The Morgan fingerprint density at radius 1 is 1.17 bits per heavy atom. The van der Waals surface area contributed by atoms with Gasteiger partial charge < -0.3 is 5.73 Å². The Kier molecular flexibility index (Phi) is 1.47. The van der Waals surface area contributed by atoms with Crippen LogP contribution in [0.2, 0.25) is 0 Å². The SMILES string of the molecule is NC1=CCC(=O)c2ccccc21. The number of carbonyl (C=O) groups excluding carboxylic acids is 1. The van der Waals surface area contributed by atoms with Crippen LogP contribution in [-0.2, 0) is 0 Å². The molecule has 1 aromatic carbocycles. The number of carbonyl (C=O) groups is 1. The van der Waals surface area contributed by atoms with E-state index in [0.717, 1.165) is 11.1 Å². The number of hydrogen-bond acceptors (Lipinski definition) is 2. The van der Waals surface area contributed by atoms with Crippen LogP contribution in [0.4, 0.5) is 0 Å². The second-order valence-electron chi connectivity index (χ2n) is 2.83. The molecule has 0 saturated heterocycles. The molecule has 0 spiro atoms. The Balaban J connectivity index is 2.66. The average Bonchev–Trinajstić information content (AvgIpc) is 2.12. The van der Waals surface area contributed by atoms with Gasteiger partial charge in [0.1, 0.15) is 0 Å². The number of nitrogens with two attached hydrogens (primary N) is 1. The fourth-order valence-corrected chi connectivity index (χ4v) is 1.40. The molecule has 1 aliphatic carbocycles. The summed E-state index contributed by atoms with van der Waals surface area (Å²) < 4.78 is 0. The van der Waals surface area contributed by atoms with Gasteiger partial charge >= 0.3 is 0 Å². The van der Waals surface area contributed by atoms with Crippen LogP contribution < -0.4 is 5.73 Å². The van der Waals surface area contributed by atoms with Gasteiger partial charge in [-0.3, -0.25) is 4.79 Å². The highest BCUT2D eigenvalue weighted by molar-refractivity contribution is 6.04. The zero-order valence-corrected chi connectivity index (χ0v) is 6.58. The van der Waals surface area contributed by atoms with Gasteiger partial charge in [-0.15, -0.1) is 0 Å². The van der Waals surface area contributed by atoms with Crippen molar-refractivity contribution in [3.63, 3.8) is 0 Å². The van der Waals surface area contributed by atoms with E-state index in [0.29, 0.717) is 12.1 Å². The molecule has 1 aromatic rings. The fourth-order valence-electron chi connectivity index (χ4n) is 1.40. The van der Waals surface area contributed by atoms with E-state index < -0.39 is 0 Å². The number of rotatable bonds is 0. The van der Waals surface area contributed by atoms with Gasteiger partial charge in [0, 0.05) is 23.2 Å². The quantitative estimate of drug-likeness (QED) is 0.624. The third kappa shape index (κ3) is 0.925. The van der Waals surface area contributed by atoms with Gasteiger partial charge in [-0.25, -0.2) is 0 Å². The molecule has 2 rings (SSSR count). The van der Waals surface area contributed by atoms with Crippen LogP contribution in [0.25, 0.3) is 5.70 Å². The molecule has 0 radical (unpaired) electrons. The number of fused-ring (bicyclic) bond motifs is 1. The summed E-state index contributed by atoms with van der Waals surface area (Å²) in [5.41, 5.74) is 8.05. The van der Waals surface area contributed by atoms with Gasteiger partial charge in [0.05, 0.1) is 0 Å². The molecule has 2 nitrogen and oxygen atoms in total. The summed E-state index contributed by atoms with van der Waals surface area (Å²) in [7, 11) is 0. The van der Waals surface area contributed by atoms with Crippen molar-refractivity contribution in [2.24, 2.45) is 5.73 Å². The van der Waals surface area contributed by atoms with Crippen molar-refractivity contribution in [1.29, 1.82) is 0 Å². The maximum Gasteiger partial charge on any atom is 0.167 e. The smallest absolute Gasteiger partial charge is 0.167 e. The van der Waals surface area contributed by atoms with E-state index in [9.17, 15) is 4.79 Å². The molecule has 0 amide bonds. The maximum atomic E-state index is 11.3. The number of benzene rings is 1. The zero-order valence-electron chi connectivity index (χ0n) is 6.58. The van der Waals surface area contributed by atoms with Gasteiger partial charge in [-0.05, 0) is 0 Å². The molecule has 0 fully saturated rings. The Morgan fingerprint density at radius 3 is 2.50 bits per heavy atom. The lowest BCUT2D eigenvalue weighted by Crippen LogP contribution is -2.11. The summed E-state index contributed by atoms with van der Waals surface area (Å²) in [6, 6.07) is 7.43. The van der Waals surface area contributed by atoms with E-state index in [1.165, 1.54) is 0 Å². The molecule has 1 aliphatic rings. The van der Waals surface area contributed by atoms with Crippen LogP contribution in [0.5, 0.6) is 0 Å². The Labute approximate surface area is 70.7 Å². The minimum atomic E-state index is 0.153. The minimum absolute atomic E-state index is 0.153. The molecule has 60 valence electrons. The molecule has 2 N–H and O–H groups in total. The predicted molar refractivity (Wildman–Crippen MR) is 47.6 cm³/mol. The van der Waals surface area contributed by atoms with Crippen molar-refractivity contribution in [3.8, 4) is 0 Å². The van der Waals surface area contributed by atoms with Crippen molar-refractivity contribution < 1.29 is 4.79 Å². The lowest BCUT2D eigenvalue weighted by Gasteiger charge is -2.12. The first kappa shape index (κ1) is 7.10. The lowest BCUT2D eigenvalue weighted by atomic mass is 9.94. The van der Waals surface area contributed by atoms with Gasteiger partial charge in [-0.1, -0.05) is 30.3 Å². The first-order valence-electron chi connectivity index (χ1n) is 3.87. The molecular weight excluding hydrogens is 150 g/mol. The van der Waals surface area contributed by atoms with Crippen molar-refractivity contribution in [3.05, 3.63) is 41.5 Å². The second-order valence-corrected chi connectivity index (χ2v) is 2.83. The summed E-state index contributed by atoms with van der Waals surface area (Å²) in [5, 5.41) is 0. The first-order chi connectivity index (χ1) is 5.79. The number of allylic oxidation sites excluding steroid dienone is 1. The summed E-state index contributed by atoms with van der Waals surface area (Å²) in [6.07, 6.45) is 2.20. The van der Waals surface area contributed by atoms with E-state index >= 15 is 0 Å².